The fraction of sp³-hybridized carbons (Fsp3) is 0.889. The Hall–Kier alpha value is -0.730. The molecule has 1 aliphatic heterocycles. The molecule has 0 aromatic rings. The molecule has 0 unspecified atom stereocenters. The summed E-state index contributed by atoms with van der Waals surface area (Å²) in [6, 6.07) is -0.310. The van der Waals surface area contributed by atoms with E-state index < -0.39 is 0 Å². The van der Waals surface area contributed by atoms with E-state index in [1.54, 1.807) is 4.90 Å². The third kappa shape index (κ3) is 4.21. The molecule has 1 rings (SSSR count). The third-order valence-corrected chi connectivity index (χ3v) is 1.44. The SMILES string of the molecule is CC.CC.CC1(C)CN1C(N)=O. The summed E-state index contributed by atoms with van der Waals surface area (Å²) in [7, 11) is 0. The Morgan fingerprint density at radius 3 is 1.50 bits per heavy atom. The van der Waals surface area contributed by atoms with Crippen LogP contribution in [-0.2, 0) is 0 Å². The summed E-state index contributed by atoms with van der Waals surface area (Å²) in [5, 5.41) is 0. The summed E-state index contributed by atoms with van der Waals surface area (Å²) in [6.07, 6.45) is 0. The van der Waals surface area contributed by atoms with Crippen molar-refractivity contribution in [2.75, 3.05) is 6.54 Å². The van der Waals surface area contributed by atoms with E-state index in [2.05, 4.69) is 0 Å². The number of rotatable bonds is 0. The molecule has 0 bridgehead atoms. The standard InChI is InChI=1S/C5H10N2O.2C2H6/c1-5(2)3-7(5)4(6)8;2*1-2/h3H2,1-2H3,(H2,6,8);2*1-2H3. The zero-order valence-corrected chi connectivity index (χ0v) is 9.14. The largest absolute Gasteiger partial charge is 0.351 e. The van der Waals surface area contributed by atoms with Gasteiger partial charge in [0.1, 0.15) is 0 Å². The molecule has 0 aromatic heterocycles. The smallest absolute Gasteiger partial charge is 0.315 e. The minimum atomic E-state index is -0.310. The maximum absolute atomic E-state index is 10.3. The second-order valence-electron chi connectivity index (χ2n) is 2.74. The molecule has 0 atom stereocenters. The number of nitrogens with two attached hydrogens (primary N) is 1. The van der Waals surface area contributed by atoms with Gasteiger partial charge in [-0.2, -0.15) is 0 Å². The summed E-state index contributed by atoms with van der Waals surface area (Å²) in [5.41, 5.74) is 5.01. The average Bonchev–Trinajstić information content (AvgIpc) is 2.68. The van der Waals surface area contributed by atoms with Crippen molar-refractivity contribution in [3.05, 3.63) is 0 Å². The van der Waals surface area contributed by atoms with Crippen LogP contribution in [0.15, 0.2) is 0 Å². The second kappa shape index (κ2) is 5.86. The first kappa shape index (κ1) is 13.8. The molecule has 12 heavy (non-hydrogen) atoms. The third-order valence-electron chi connectivity index (χ3n) is 1.44. The van der Waals surface area contributed by atoms with Crippen molar-refractivity contribution in [3.63, 3.8) is 0 Å². The molecular weight excluding hydrogens is 152 g/mol. The number of urea groups is 1. The van der Waals surface area contributed by atoms with Crippen LogP contribution in [0.2, 0.25) is 0 Å². The lowest BCUT2D eigenvalue weighted by atomic mass is 10.2. The number of carbonyl (C=O) groups excluding carboxylic acids is 1. The summed E-state index contributed by atoms with van der Waals surface area (Å²) < 4.78 is 0. The normalized spacial score (nSPS) is 16.3. The van der Waals surface area contributed by atoms with Gasteiger partial charge < -0.3 is 10.6 Å². The molecule has 2 N–H and O–H groups in total. The Kier molecular flexibility index (Phi) is 6.76. The average molecular weight is 174 g/mol. The number of amides is 2. The van der Waals surface area contributed by atoms with Gasteiger partial charge in [0.2, 0.25) is 0 Å². The molecule has 74 valence electrons. The number of primary amides is 1. The van der Waals surface area contributed by atoms with E-state index in [1.807, 2.05) is 41.5 Å². The Morgan fingerprint density at radius 2 is 1.50 bits per heavy atom. The first-order chi connectivity index (χ1) is 5.54. The number of nitrogens with zero attached hydrogens (tertiary/aromatic N) is 1. The van der Waals surface area contributed by atoms with Crippen molar-refractivity contribution < 1.29 is 4.79 Å². The Bertz CT molecular complexity index is 132. The molecule has 1 fully saturated rings. The molecule has 1 heterocycles. The Morgan fingerprint density at radius 1 is 1.25 bits per heavy atom. The maximum Gasteiger partial charge on any atom is 0.315 e. The molecular formula is C9H22N2O. The zero-order chi connectivity index (χ0) is 10.4. The van der Waals surface area contributed by atoms with Crippen molar-refractivity contribution in [1.29, 1.82) is 0 Å². The van der Waals surface area contributed by atoms with E-state index in [0.717, 1.165) is 6.54 Å². The highest BCUT2D eigenvalue weighted by Gasteiger charge is 2.45. The van der Waals surface area contributed by atoms with E-state index in [0.29, 0.717) is 0 Å². The van der Waals surface area contributed by atoms with Crippen molar-refractivity contribution in [3.8, 4) is 0 Å². The quantitative estimate of drug-likeness (QED) is 0.562. The van der Waals surface area contributed by atoms with Gasteiger partial charge in [-0.15, -0.1) is 0 Å². The summed E-state index contributed by atoms with van der Waals surface area (Å²) in [6.45, 7) is 12.8. The van der Waals surface area contributed by atoms with Crippen LogP contribution in [0.25, 0.3) is 0 Å². The van der Waals surface area contributed by atoms with E-state index in [4.69, 9.17) is 5.73 Å². The molecule has 3 heteroatoms. The zero-order valence-electron chi connectivity index (χ0n) is 9.14. The molecule has 1 saturated heterocycles. The van der Waals surface area contributed by atoms with Gasteiger partial charge in [-0.25, -0.2) is 4.79 Å². The molecule has 0 aliphatic carbocycles. The minimum absolute atomic E-state index is 0.0475. The predicted octanol–water partition coefficient (Wildman–Crippen LogP) is 2.21. The van der Waals surface area contributed by atoms with Crippen molar-refractivity contribution in [2.24, 2.45) is 5.73 Å². The van der Waals surface area contributed by atoms with Crippen LogP contribution in [0.1, 0.15) is 41.5 Å². The van der Waals surface area contributed by atoms with E-state index in [9.17, 15) is 4.79 Å². The van der Waals surface area contributed by atoms with Crippen LogP contribution in [0.3, 0.4) is 0 Å². The molecule has 0 radical (unpaired) electrons. The fourth-order valence-corrected chi connectivity index (χ4v) is 0.728. The van der Waals surface area contributed by atoms with Gasteiger partial charge in [-0.05, 0) is 13.8 Å². The number of hydrogen-bond acceptors (Lipinski definition) is 1. The topological polar surface area (TPSA) is 46.1 Å². The van der Waals surface area contributed by atoms with E-state index in [1.165, 1.54) is 0 Å². The van der Waals surface area contributed by atoms with Gasteiger partial charge in [0.15, 0.2) is 0 Å². The Balaban J connectivity index is 0. The number of carbonyl (C=O) groups is 1. The number of hydrogen-bond donors (Lipinski definition) is 1. The van der Waals surface area contributed by atoms with Gasteiger partial charge >= 0.3 is 6.03 Å². The monoisotopic (exact) mass is 174 g/mol. The van der Waals surface area contributed by atoms with Gasteiger partial charge in [-0.1, -0.05) is 27.7 Å². The van der Waals surface area contributed by atoms with Crippen molar-refractivity contribution in [1.82, 2.24) is 4.90 Å². The second-order valence-corrected chi connectivity index (χ2v) is 2.74. The van der Waals surface area contributed by atoms with Gasteiger partial charge in [0, 0.05) is 6.54 Å². The van der Waals surface area contributed by atoms with E-state index >= 15 is 0 Å². The lowest BCUT2D eigenvalue weighted by Gasteiger charge is -1.99. The van der Waals surface area contributed by atoms with Crippen LogP contribution in [0.5, 0.6) is 0 Å². The lowest BCUT2D eigenvalue weighted by molar-refractivity contribution is 0.233. The predicted molar refractivity (Wildman–Crippen MR) is 53.1 cm³/mol. The molecule has 3 nitrogen and oxygen atoms in total. The lowest BCUT2D eigenvalue weighted by Crippen LogP contribution is -2.23. The molecule has 1 aliphatic rings. The van der Waals surface area contributed by atoms with E-state index in [-0.39, 0.29) is 11.6 Å². The van der Waals surface area contributed by atoms with Gasteiger partial charge in [0.25, 0.3) is 0 Å². The van der Waals surface area contributed by atoms with Gasteiger partial charge in [-0.3, -0.25) is 0 Å². The highest BCUT2D eigenvalue weighted by molar-refractivity contribution is 5.76. The fourth-order valence-electron chi connectivity index (χ4n) is 0.728. The summed E-state index contributed by atoms with van der Waals surface area (Å²) >= 11 is 0. The first-order valence-electron chi connectivity index (χ1n) is 4.61. The highest BCUT2D eigenvalue weighted by atomic mass is 16.2. The highest BCUT2D eigenvalue weighted by Crippen LogP contribution is 2.29. The van der Waals surface area contributed by atoms with Crippen molar-refractivity contribution >= 4 is 6.03 Å². The van der Waals surface area contributed by atoms with Crippen LogP contribution in [0.4, 0.5) is 4.79 Å². The van der Waals surface area contributed by atoms with Gasteiger partial charge in [0.05, 0.1) is 5.54 Å². The van der Waals surface area contributed by atoms with Crippen LogP contribution in [0, 0.1) is 0 Å². The molecule has 0 aromatic carbocycles. The summed E-state index contributed by atoms with van der Waals surface area (Å²) in [4.78, 5) is 11.9. The molecule has 2 amide bonds. The molecule has 0 spiro atoms. The molecule has 0 saturated carbocycles. The first-order valence-corrected chi connectivity index (χ1v) is 4.61. The van der Waals surface area contributed by atoms with Crippen LogP contribution in [-0.4, -0.2) is 23.0 Å². The Labute approximate surface area is 75.9 Å². The maximum atomic E-state index is 10.3. The van der Waals surface area contributed by atoms with Crippen molar-refractivity contribution in [2.45, 2.75) is 47.1 Å². The summed E-state index contributed by atoms with van der Waals surface area (Å²) in [5.74, 6) is 0. The van der Waals surface area contributed by atoms with Crippen LogP contribution >= 0.6 is 0 Å². The van der Waals surface area contributed by atoms with Crippen LogP contribution < -0.4 is 5.73 Å². The minimum Gasteiger partial charge on any atom is -0.351 e.